The van der Waals surface area contributed by atoms with Crippen LogP contribution in [0.4, 0.5) is 0 Å². The first-order valence-electron chi connectivity index (χ1n) is 3.00. The lowest BCUT2D eigenvalue weighted by atomic mass is 10.3. The zero-order chi connectivity index (χ0) is 7.68. The summed E-state index contributed by atoms with van der Waals surface area (Å²) >= 11 is 1.51. The number of pyridine rings is 1. The third kappa shape index (κ3) is 0.863. The number of fused-ring (bicyclic) bond motifs is 1. The van der Waals surface area contributed by atoms with E-state index in [0.717, 1.165) is 4.70 Å². The van der Waals surface area contributed by atoms with Gasteiger partial charge in [-0.15, -0.1) is 11.3 Å². The molecule has 0 radical (unpaired) electrons. The number of hydrogen-bond acceptors (Lipinski definition) is 4. The summed E-state index contributed by atoms with van der Waals surface area (Å²) in [6.45, 7) is 0. The van der Waals surface area contributed by atoms with Crippen LogP contribution in [-0.4, -0.2) is 9.97 Å². The predicted molar refractivity (Wildman–Crippen MR) is 42.1 cm³/mol. The van der Waals surface area contributed by atoms with Gasteiger partial charge >= 0.3 is 0 Å². The molecular formula is C7H3N3S. The van der Waals surface area contributed by atoms with Crippen LogP contribution in [0.3, 0.4) is 0 Å². The van der Waals surface area contributed by atoms with E-state index in [1.807, 2.05) is 12.1 Å². The molecule has 0 spiro atoms. The summed E-state index contributed by atoms with van der Waals surface area (Å²) < 4.78 is 1.01. The summed E-state index contributed by atoms with van der Waals surface area (Å²) in [5, 5.41) is 8.61. The summed E-state index contributed by atoms with van der Waals surface area (Å²) in [6.07, 6.45) is 1.62. The number of hydrogen-bond donors (Lipinski definition) is 0. The second-order valence-electron chi connectivity index (χ2n) is 1.97. The van der Waals surface area contributed by atoms with Crippen molar-refractivity contribution in [2.45, 2.75) is 0 Å². The van der Waals surface area contributed by atoms with E-state index in [0.29, 0.717) is 11.2 Å². The molecule has 0 bridgehead atoms. The Bertz CT molecular complexity index is 426. The van der Waals surface area contributed by atoms with Gasteiger partial charge in [0.1, 0.15) is 11.6 Å². The van der Waals surface area contributed by atoms with Gasteiger partial charge in [0.2, 0.25) is 0 Å². The molecule has 0 fully saturated rings. The van der Waals surface area contributed by atoms with Crippen molar-refractivity contribution < 1.29 is 0 Å². The Morgan fingerprint density at radius 2 is 2.36 bits per heavy atom. The maximum Gasteiger partial charge on any atom is 0.167 e. The summed E-state index contributed by atoms with van der Waals surface area (Å²) in [7, 11) is 0. The van der Waals surface area contributed by atoms with Crippen molar-refractivity contribution >= 4 is 21.6 Å². The topological polar surface area (TPSA) is 49.6 Å². The number of aromatic nitrogens is 2. The zero-order valence-corrected chi connectivity index (χ0v) is 6.30. The third-order valence-electron chi connectivity index (χ3n) is 1.35. The molecule has 0 N–H and O–H groups in total. The molecule has 0 aliphatic carbocycles. The number of nitrogens with zero attached hydrogens (tertiary/aromatic N) is 3. The normalized spacial score (nSPS) is 9.73. The Morgan fingerprint density at radius 1 is 1.45 bits per heavy atom. The largest absolute Gasteiger partial charge is 0.243 e. The van der Waals surface area contributed by atoms with Crippen molar-refractivity contribution in [1.29, 1.82) is 5.26 Å². The molecule has 52 valence electrons. The van der Waals surface area contributed by atoms with Crippen LogP contribution < -0.4 is 0 Å². The van der Waals surface area contributed by atoms with Crippen molar-refractivity contribution in [2.75, 3.05) is 0 Å². The van der Waals surface area contributed by atoms with Gasteiger partial charge in [0.25, 0.3) is 0 Å². The molecule has 3 nitrogen and oxygen atoms in total. The van der Waals surface area contributed by atoms with Gasteiger partial charge in [-0.05, 0) is 6.07 Å². The Morgan fingerprint density at radius 3 is 3.18 bits per heavy atom. The maximum atomic E-state index is 8.61. The van der Waals surface area contributed by atoms with Crippen LogP contribution in [0.2, 0.25) is 0 Å². The van der Waals surface area contributed by atoms with Crippen LogP contribution in [0.1, 0.15) is 5.69 Å². The van der Waals surface area contributed by atoms with Gasteiger partial charge in [-0.3, -0.25) is 0 Å². The average molecular weight is 161 g/mol. The second-order valence-corrected chi connectivity index (χ2v) is 2.86. The lowest BCUT2D eigenvalue weighted by Gasteiger charge is -1.86. The smallest absolute Gasteiger partial charge is 0.167 e. The first-order chi connectivity index (χ1) is 5.42. The number of rotatable bonds is 0. The Kier molecular flexibility index (Phi) is 1.30. The first-order valence-corrected chi connectivity index (χ1v) is 3.88. The molecule has 0 saturated carbocycles. The van der Waals surface area contributed by atoms with Crippen LogP contribution in [0.15, 0.2) is 17.8 Å². The molecule has 2 rings (SSSR count). The van der Waals surface area contributed by atoms with E-state index in [2.05, 4.69) is 9.97 Å². The molecule has 11 heavy (non-hydrogen) atoms. The number of thiazole rings is 1. The van der Waals surface area contributed by atoms with Crippen LogP contribution in [0.5, 0.6) is 0 Å². The van der Waals surface area contributed by atoms with Crippen molar-refractivity contribution in [2.24, 2.45) is 0 Å². The lowest BCUT2D eigenvalue weighted by Crippen LogP contribution is -1.81. The fraction of sp³-hybridized carbons (Fsp3) is 0. The highest BCUT2D eigenvalue weighted by molar-refractivity contribution is 7.16. The molecule has 2 heterocycles. The standard InChI is InChI=1S/C7H3N3S/c8-3-5-7-6(1-2-9-5)11-4-10-7/h1-2,4H. The van der Waals surface area contributed by atoms with E-state index in [-0.39, 0.29) is 0 Å². The zero-order valence-electron chi connectivity index (χ0n) is 5.48. The minimum atomic E-state index is 0.406. The lowest BCUT2D eigenvalue weighted by molar-refractivity contribution is 1.28. The fourth-order valence-electron chi connectivity index (χ4n) is 0.874. The van der Waals surface area contributed by atoms with Gasteiger partial charge < -0.3 is 0 Å². The molecule has 0 amide bonds. The molecule has 2 aromatic heterocycles. The fourth-order valence-corrected chi connectivity index (χ4v) is 1.55. The van der Waals surface area contributed by atoms with E-state index in [1.165, 1.54) is 11.3 Å². The van der Waals surface area contributed by atoms with Crippen molar-refractivity contribution in [1.82, 2.24) is 9.97 Å². The summed E-state index contributed by atoms with van der Waals surface area (Å²) in [4.78, 5) is 7.90. The number of nitriles is 1. The minimum absolute atomic E-state index is 0.406. The van der Waals surface area contributed by atoms with Crippen LogP contribution in [0, 0.1) is 11.3 Å². The van der Waals surface area contributed by atoms with E-state index in [9.17, 15) is 0 Å². The second kappa shape index (κ2) is 2.29. The summed E-state index contributed by atoms with van der Waals surface area (Å²) in [5.74, 6) is 0. The van der Waals surface area contributed by atoms with E-state index in [4.69, 9.17) is 5.26 Å². The minimum Gasteiger partial charge on any atom is -0.243 e. The van der Waals surface area contributed by atoms with E-state index in [1.54, 1.807) is 11.7 Å². The SMILES string of the molecule is N#Cc1nccc2scnc12. The van der Waals surface area contributed by atoms with E-state index < -0.39 is 0 Å². The van der Waals surface area contributed by atoms with Gasteiger partial charge in [-0.1, -0.05) is 0 Å². The van der Waals surface area contributed by atoms with Crippen molar-refractivity contribution in [3.8, 4) is 6.07 Å². The van der Waals surface area contributed by atoms with Gasteiger partial charge in [0, 0.05) is 6.20 Å². The van der Waals surface area contributed by atoms with Gasteiger partial charge in [-0.2, -0.15) is 5.26 Å². The molecule has 2 aromatic rings. The summed E-state index contributed by atoms with van der Waals surface area (Å²) in [6, 6.07) is 3.84. The van der Waals surface area contributed by atoms with Gasteiger partial charge in [0.05, 0.1) is 10.2 Å². The van der Waals surface area contributed by atoms with Crippen LogP contribution in [0.25, 0.3) is 10.2 Å². The van der Waals surface area contributed by atoms with Gasteiger partial charge in [-0.25, -0.2) is 9.97 Å². The highest BCUT2D eigenvalue weighted by atomic mass is 32.1. The summed E-state index contributed by atoms with van der Waals surface area (Å²) in [5.41, 5.74) is 2.83. The van der Waals surface area contributed by atoms with Crippen molar-refractivity contribution in [3.63, 3.8) is 0 Å². The first kappa shape index (κ1) is 6.25. The average Bonchev–Trinajstić information content (AvgIpc) is 2.50. The molecule has 0 unspecified atom stereocenters. The molecular weight excluding hydrogens is 158 g/mol. The van der Waals surface area contributed by atoms with E-state index >= 15 is 0 Å². The molecule has 4 heteroatoms. The predicted octanol–water partition coefficient (Wildman–Crippen LogP) is 1.56. The Balaban J connectivity index is 2.92. The molecule has 0 aliphatic rings. The Hall–Kier alpha value is -1.47. The van der Waals surface area contributed by atoms with Crippen LogP contribution in [-0.2, 0) is 0 Å². The Labute approximate surface area is 67.0 Å². The third-order valence-corrected chi connectivity index (χ3v) is 2.15. The molecule has 0 saturated heterocycles. The monoisotopic (exact) mass is 161 g/mol. The quantitative estimate of drug-likeness (QED) is 0.589. The van der Waals surface area contributed by atoms with Gasteiger partial charge in [0.15, 0.2) is 5.69 Å². The molecule has 0 atom stereocenters. The maximum absolute atomic E-state index is 8.61. The highest BCUT2D eigenvalue weighted by Gasteiger charge is 2.01. The van der Waals surface area contributed by atoms with Crippen LogP contribution >= 0.6 is 11.3 Å². The highest BCUT2D eigenvalue weighted by Crippen LogP contribution is 2.18. The van der Waals surface area contributed by atoms with Crippen molar-refractivity contribution in [3.05, 3.63) is 23.5 Å². The molecule has 0 aliphatic heterocycles. The molecule has 0 aromatic carbocycles.